The van der Waals surface area contributed by atoms with Crippen molar-refractivity contribution >= 4 is 13.7 Å². The minimum atomic E-state index is -4.32. The van der Waals surface area contributed by atoms with E-state index in [1.165, 1.54) is 122 Å². The molecule has 0 saturated carbocycles. The van der Waals surface area contributed by atoms with Crippen LogP contribution in [0.25, 0.3) is 0 Å². The van der Waals surface area contributed by atoms with Crippen LogP contribution in [0.1, 0.15) is 181 Å². The first kappa shape index (κ1) is 44.2. The molecule has 0 fully saturated rings. The number of carbonyl (C=O) groups excluding carboxylic acids is 1. The molecule has 0 rings (SSSR count). The van der Waals surface area contributed by atoms with Gasteiger partial charge in [0.05, 0.1) is 25.4 Å². The molecular formula is C36H73N2O6P. The average Bonchev–Trinajstić information content (AvgIpc) is 3.02. The number of allylic oxidation sites excluding steroid dienone is 1. The Morgan fingerprint density at radius 3 is 1.58 bits per heavy atom. The molecule has 1 unspecified atom stereocenters. The van der Waals surface area contributed by atoms with Crippen molar-refractivity contribution in [3.63, 3.8) is 0 Å². The Morgan fingerprint density at radius 2 is 1.13 bits per heavy atom. The second-order valence-electron chi connectivity index (χ2n) is 12.8. The van der Waals surface area contributed by atoms with E-state index in [2.05, 4.69) is 19.2 Å². The van der Waals surface area contributed by atoms with E-state index in [0.29, 0.717) is 6.42 Å². The van der Waals surface area contributed by atoms with Crippen LogP contribution in [0.2, 0.25) is 0 Å². The zero-order valence-corrected chi connectivity index (χ0v) is 30.3. The molecule has 9 heteroatoms. The highest BCUT2D eigenvalue weighted by Gasteiger charge is 2.26. The maximum Gasteiger partial charge on any atom is 0.472 e. The molecule has 0 spiro atoms. The van der Waals surface area contributed by atoms with Gasteiger partial charge in [0.2, 0.25) is 5.91 Å². The van der Waals surface area contributed by atoms with Crippen molar-refractivity contribution in [1.29, 1.82) is 0 Å². The molecule has 0 bridgehead atoms. The van der Waals surface area contributed by atoms with Crippen LogP contribution in [0, 0.1) is 0 Å². The number of phosphoric ester groups is 1. The lowest BCUT2D eigenvalue weighted by atomic mass is 10.0. The van der Waals surface area contributed by atoms with Gasteiger partial charge in [-0.3, -0.25) is 13.8 Å². The Balaban J connectivity index is 4.29. The van der Waals surface area contributed by atoms with Crippen molar-refractivity contribution in [3.05, 3.63) is 12.2 Å². The van der Waals surface area contributed by atoms with Crippen molar-refractivity contribution < 1.29 is 28.4 Å². The van der Waals surface area contributed by atoms with Gasteiger partial charge in [0.15, 0.2) is 0 Å². The normalized spacial score (nSPS) is 14.5. The van der Waals surface area contributed by atoms with Crippen LogP contribution in [-0.2, 0) is 18.4 Å². The van der Waals surface area contributed by atoms with Gasteiger partial charge in [-0.1, -0.05) is 167 Å². The first-order valence-corrected chi connectivity index (χ1v) is 20.3. The Hall–Kier alpha value is -0.760. The van der Waals surface area contributed by atoms with Gasteiger partial charge in [0.1, 0.15) is 0 Å². The molecule has 0 aromatic carbocycles. The highest BCUT2D eigenvalue weighted by Crippen LogP contribution is 2.43. The van der Waals surface area contributed by atoms with E-state index in [1.54, 1.807) is 6.08 Å². The molecule has 8 nitrogen and oxygen atoms in total. The first-order chi connectivity index (χ1) is 21.9. The van der Waals surface area contributed by atoms with E-state index >= 15 is 0 Å². The summed E-state index contributed by atoms with van der Waals surface area (Å²) >= 11 is 0. The second kappa shape index (κ2) is 33.2. The van der Waals surface area contributed by atoms with Gasteiger partial charge in [-0.2, -0.15) is 0 Å². The summed E-state index contributed by atoms with van der Waals surface area (Å²) in [6.45, 7) is 4.11. The Bertz CT molecular complexity index is 724. The number of nitrogens with two attached hydrogens (primary N) is 1. The zero-order valence-electron chi connectivity index (χ0n) is 29.4. The Labute approximate surface area is 277 Å². The summed E-state index contributed by atoms with van der Waals surface area (Å²) < 4.78 is 22.0. The van der Waals surface area contributed by atoms with Gasteiger partial charge >= 0.3 is 7.82 Å². The van der Waals surface area contributed by atoms with E-state index in [1.807, 2.05) is 6.08 Å². The molecule has 0 aromatic rings. The van der Waals surface area contributed by atoms with Crippen molar-refractivity contribution in [3.8, 4) is 0 Å². The van der Waals surface area contributed by atoms with Crippen LogP contribution < -0.4 is 11.1 Å². The van der Waals surface area contributed by atoms with E-state index in [-0.39, 0.29) is 25.7 Å². The van der Waals surface area contributed by atoms with Crippen molar-refractivity contribution in [1.82, 2.24) is 5.32 Å². The summed E-state index contributed by atoms with van der Waals surface area (Å²) in [5.74, 6) is -0.196. The number of amides is 1. The maximum absolute atomic E-state index is 12.6. The number of unbranched alkanes of at least 4 members (excludes halogenated alkanes) is 23. The minimum absolute atomic E-state index is 0.0809. The molecule has 0 aliphatic heterocycles. The van der Waals surface area contributed by atoms with Crippen molar-refractivity contribution in [2.75, 3.05) is 19.8 Å². The SMILES string of the molecule is CCCCCCCCCCCCCCCC/C=C/[C@@H](O)[C@H](COP(=O)(O)OCCN)NC(=O)CCCCCCCCCCCC. The molecule has 45 heavy (non-hydrogen) atoms. The third-order valence-corrected chi connectivity index (χ3v) is 9.35. The Kier molecular flexibility index (Phi) is 32.6. The van der Waals surface area contributed by atoms with E-state index < -0.39 is 20.0 Å². The smallest absolute Gasteiger partial charge is 0.387 e. The third-order valence-electron chi connectivity index (χ3n) is 8.36. The zero-order chi connectivity index (χ0) is 33.3. The van der Waals surface area contributed by atoms with Crippen LogP contribution >= 0.6 is 7.82 Å². The van der Waals surface area contributed by atoms with Crippen LogP contribution in [0.5, 0.6) is 0 Å². The molecule has 0 radical (unpaired) electrons. The first-order valence-electron chi connectivity index (χ1n) is 18.8. The van der Waals surface area contributed by atoms with E-state index in [4.69, 9.17) is 14.8 Å². The fraction of sp³-hybridized carbons (Fsp3) is 0.917. The van der Waals surface area contributed by atoms with E-state index in [0.717, 1.165) is 38.5 Å². The summed E-state index contributed by atoms with van der Waals surface area (Å²) in [5, 5.41) is 13.6. The van der Waals surface area contributed by atoms with Crippen LogP contribution in [0.15, 0.2) is 12.2 Å². The standard InChI is InChI=1S/C36H73N2O6P/c1-3-5-7-9-11-13-15-16-17-18-19-20-21-23-25-27-29-35(39)34(33-44-45(41,42)43-32-31-37)38-36(40)30-28-26-24-22-14-12-10-8-6-4-2/h27,29,34-35,39H,3-26,28,30-33,37H2,1-2H3,(H,38,40)(H,41,42)/b29-27+/t34-,35+/m0/s1. The fourth-order valence-electron chi connectivity index (χ4n) is 5.48. The number of hydrogen-bond acceptors (Lipinski definition) is 6. The van der Waals surface area contributed by atoms with Gasteiger partial charge in [-0.05, 0) is 19.3 Å². The molecule has 5 N–H and O–H groups in total. The number of carbonyl (C=O) groups is 1. The fourth-order valence-corrected chi connectivity index (χ4v) is 6.24. The van der Waals surface area contributed by atoms with Crippen LogP contribution in [-0.4, -0.2) is 47.8 Å². The molecular weight excluding hydrogens is 587 g/mol. The molecule has 0 saturated heterocycles. The summed E-state index contributed by atoms with van der Waals surface area (Å²) in [5.41, 5.74) is 5.35. The molecule has 268 valence electrons. The lowest BCUT2D eigenvalue weighted by Gasteiger charge is -2.23. The van der Waals surface area contributed by atoms with Crippen molar-refractivity contribution in [2.24, 2.45) is 5.73 Å². The lowest BCUT2D eigenvalue weighted by molar-refractivity contribution is -0.123. The second-order valence-corrected chi connectivity index (χ2v) is 14.2. The summed E-state index contributed by atoms with van der Waals surface area (Å²) in [6, 6.07) is -0.852. The lowest BCUT2D eigenvalue weighted by Crippen LogP contribution is -2.45. The maximum atomic E-state index is 12.6. The average molecular weight is 661 g/mol. The van der Waals surface area contributed by atoms with Gasteiger partial charge < -0.3 is 21.1 Å². The highest BCUT2D eigenvalue weighted by molar-refractivity contribution is 7.47. The number of rotatable bonds is 35. The molecule has 0 aliphatic carbocycles. The van der Waals surface area contributed by atoms with Crippen LogP contribution in [0.3, 0.4) is 0 Å². The van der Waals surface area contributed by atoms with Crippen molar-refractivity contribution in [2.45, 2.75) is 193 Å². The Morgan fingerprint density at radius 1 is 0.711 bits per heavy atom. The van der Waals surface area contributed by atoms with Gasteiger partial charge in [0, 0.05) is 13.0 Å². The molecule has 1 amide bonds. The topological polar surface area (TPSA) is 131 Å². The molecule has 0 heterocycles. The number of aliphatic hydroxyl groups excluding tert-OH is 1. The number of nitrogens with one attached hydrogen (secondary N) is 1. The number of aliphatic hydroxyl groups is 1. The summed E-state index contributed by atoms with van der Waals surface area (Å²) in [7, 11) is -4.32. The minimum Gasteiger partial charge on any atom is -0.387 e. The third kappa shape index (κ3) is 31.6. The predicted octanol–water partition coefficient (Wildman–Crippen LogP) is 9.66. The quantitative estimate of drug-likeness (QED) is 0.0302. The highest BCUT2D eigenvalue weighted by atomic mass is 31.2. The van der Waals surface area contributed by atoms with Gasteiger partial charge in [-0.25, -0.2) is 4.57 Å². The summed E-state index contributed by atoms with van der Waals surface area (Å²) in [4.78, 5) is 22.5. The predicted molar refractivity (Wildman–Crippen MR) is 189 cm³/mol. The monoisotopic (exact) mass is 661 g/mol. The molecule has 3 atom stereocenters. The number of hydrogen-bond donors (Lipinski definition) is 4. The van der Waals surface area contributed by atoms with E-state index in [9.17, 15) is 19.4 Å². The van der Waals surface area contributed by atoms with Gasteiger partial charge in [-0.15, -0.1) is 0 Å². The van der Waals surface area contributed by atoms with Gasteiger partial charge in [0.25, 0.3) is 0 Å². The largest absolute Gasteiger partial charge is 0.472 e. The number of phosphoric acid groups is 1. The van der Waals surface area contributed by atoms with Crippen LogP contribution in [0.4, 0.5) is 0 Å². The summed E-state index contributed by atoms with van der Waals surface area (Å²) in [6.07, 6.45) is 34.0. The molecule has 0 aliphatic rings. The molecule has 0 aromatic heterocycles.